The van der Waals surface area contributed by atoms with E-state index in [1.807, 2.05) is 11.8 Å². The van der Waals surface area contributed by atoms with Gasteiger partial charge in [-0.3, -0.25) is 4.90 Å². The van der Waals surface area contributed by atoms with Crippen LogP contribution in [0.3, 0.4) is 0 Å². The number of carbonyl (C=O) groups is 2. The van der Waals surface area contributed by atoms with E-state index < -0.39 is 24.1 Å². The first kappa shape index (κ1) is 16.1. The van der Waals surface area contributed by atoms with Crippen molar-refractivity contribution in [1.82, 2.24) is 15.5 Å². The Bertz CT molecular complexity index is 308. The molecule has 1 fully saturated rings. The van der Waals surface area contributed by atoms with Crippen molar-refractivity contribution in [3.63, 3.8) is 0 Å². The normalized spacial score (nSPS) is 19.5. The third-order valence-corrected chi connectivity index (χ3v) is 3.79. The summed E-state index contributed by atoms with van der Waals surface area (Å²) in [5.74, 6) is 0.961. The van der Waals surface area contributed by atoms with Crippen molar-refractivity contribution in [2.75, 3.05) is 37.7 Å². The Balaban J connectivity index is 2.21. The first-order chi connectivity index (χ1) is 9.00. The van der Waals surface area contributed by atoms with Gasteiger partial charge in [0.05, 0.1) is 6.10 Å². The highest BCUT2D eigenvalue weighted by Gasteiger charge is 2.24. The Morgan fingerprint density at radius 2 is 2.00 bits per heavy atom. The molecule has 0 spiro atoms. The maximum atomic E-state index is 11.5. The molecule has 1 heterocycles. The lowest BCUT2D eigenvalue weighted by molar-refractivity contribution is -0.141. The van der Waals surface area contributed by atoms with Crippen LogP contribution in [0.2, 0.25) is 0 Å². The first-order valence-corrected chi connectivity index (χ1v) is 7.41. The molecule has 0 bridgehead atoms. The maximum Gasteiger partial charge on any atom is 0.328 e. The Kier molecular flexibility index (Phi) is 6.96. The van der Waals surface area contributed by atoms with Crippen LogP contribution >= 0.6 is 11.8 Å². The van der Waals surface area contributed by atoms with Crippen molar-refractivity contribution in [3.05, 3.63) is 0 Å². The molecule has 0 aromatic rings. The minimum atomic E-state index is -1.29. The van der Waals surface area contributed by atoms with Gasteiger partial charge in [0.2, 0.25) is 0 Å². The molecule has 1 aliphatic heterocycles. The molecule has 0 aromatic heterocycles. The number of amides is 2. The van der Waals surface area contributed by atoms with Crippen molar-refractivity contribution in [2.45, 2.75) is 19.1 Å². The fraction of sp³-hybridized carbons (Fsp3) is 0.818. The highest BCUT2D eigenvalue weighted by atomic mass is 32.2. The van der Waals surface area contributed by atoms with Crippen LogP contribution in [0.25, 0.3) is 0 Å². The van der Waals surface area contributed by atoms with Gasteiger partial charge in [0, 0.05) is 37.7 Å². The van der Waals surface area contributed by atoms with Gasteiger partial charge in [-0.05, 0) is 6.92 Å². The number of urea groups is 1. The summed E-state index contributed by atoms with van der Waals surface area (Å²) < 4.78 is 0. The van der Waals surface area contributed by atoms with Crippen LogP contribution in [0.15, 0.2) is 0 Å². The highest BCUT2D eigenvalue weighted by Crippen LogP contribution is 2.07. The molecule has 4 N–H and O–H groups in total. The number of nitrogens with one attached hydrogen (secondary N) is 2. The zero-order valence-electron chi connectivity index (χ0n) is 11.0. The lowest BCUT2D eigenvalue weighted by Gasteiger charge is -2.26. The molecule has 110 valence electrons. The van der Waals surface area contributed by atoms with E-state index in [0.717, 1.165) is 31.1 Å². The van der Waals surface area contributed by atoms with Crippen molar-refractivity contribution in [1.29, 1.82) is 0 Å². The zero-order chi connectivity index (χ0) is 14.3. The number of rotatable bonds is 6. The van der Waals surface area contributed by atoms with Gasteiger partial charge in [0.1, 0.15) is 0 Å². The minimum Gasteiger partial charge on any atom is -0.480 e. The maximum absolute atomic E-state index is 11.5. The van der Waals surface area contributed by atoms with Crippen LogP contribution in [0, 0.1) is 0 Å². The van der Waals surface area contributed by atoms with E-state index in [2.05, 4.69) is 15.5 Å². The number of thioether (sulfide) groups is 1. The summed E-state index contributed by atoms with van der Waals surface area (Å²) in [6, 6.07) is -1.86. The molecule has 2 amide bonds. The molecule has 1 saturated heterocycles. The second kappa shape index (κ2) is 8.23. The summed E-state index contributed by atoms with van der Waals surface area (Å²) in [4.78, 5) is 24.5. The Morgan fingerprint density at radius 3 is 2.53 bits per heavy atom. The number of hydrogen-bond donors (Lipinski definition) is 4. The first-order valence-electron chi connectivity index (χ1n) is 6.26. The van der Waals surface area contributed by atoms with Crippen LogP contribution in [0.4, 0.5) is 4.79 Å². The summed E-state index contributed by atoms with van der Waals surface area (Å²) in [7, 11) is 0. The SMILES string of the molecule is C[C@@H](O)[C@H](NC(=O)NCCN1CCSCC1)C(=O)O. The molecular weight excluding hydrogens is 270 g/mol. The molecule has 0 aliphatic carbocycles. The van der Waals surface area contributed by atoms with Crippen molar-refractivity contribution < 1.29 is 19.8 Å². The van der Waals surface area contributed by atoms with Crippen molar-refractivity contribution in [3.8, 4) is 0 Å². The van der Waals surface area contributed by atoms with Crippen LogP contribution in [0.5, 0.6) is 0 Å². The van der Waals surface area contributed by atoms with Crippen LogP contribution in [-0.2, 0) is 4.79 Å². The lowest BCUT2D eigenvalue weighted by atomic mass is 10.2. The van der Waals surface area contributed by atoms with Gasteiger partial charge in [-0.15, -0.1) is 0 Å². The number of hydrogen-bond acceptors (Lipinski definition) is 5. The molecular formula is C11H21N3O4S. The van der Waals surface area contributed by atoms with Crippen molar-refractivity contribution in [2.24, 2.45) is 0 Å². The Hall–Kier alpha value is -0.990. The van der Waals surface area contributed by atoms with E-state index in [4.69, 9.17) is 5.11 Å². The fourth-order valence-corrected chi connectivity index (χ4v) is 2.71. The number of aliphatic carboxylic acids is 1. The average molecular weight is 291 g/mol. The summed E-state index contributed by atoms with van der Waals surface area (Å²) in [6.45, 7) is 4.56. The topological polar surface area (TPSA) is 102 Å². The molecule has 7 nitrogen and oxygen atoms in total. The number of carbonyl (C=O) groups excluding carboxylic acids is 1. The van der Waals surface area contributed by atoms with E-state index in [9.17, 15) is 14.7 Å². The van der Waals surface area contributed by atoms with Gasteiger partial charge >= 0.3 is 12.0 Å². The average Bonchev–Trinajstić information content (AvgIpc) is 2.36. The smallest absolute Gasteiger partial charge is 0.328 e. The second-order valence-corrected chi connectivity index (χ2v) is 5.64. The number of nitrogens with zero attached hydrogens (tertiary/aromatic N) is 1. The molecule has 1 rings (SSSR count). The number of aliphatic hydroxyl groups excluding tert-OH is 1. The van der Waals surface area contributed by atoms with E-state index in [1.165, 1.54) is 6.92 Å². The second-order valence-electron chi connectivity index (χ2n) is 4.41. The largest absolute Gasteiger partial charge is 0.480 e. The molecule has 0 radical (unpaired) electrons. The van der Waals surface area contributed by atoms with Gasteiger partial charge < -0.3 is 20.8 Å². The quantitative estimate of drug-likeness (QED) is 0.509. The molecule has 0 aromatic carbocycles. The molecule has 1 aliphatic rings. The van der Waals surface area contributed by atoms with Gasteiger partial charge in [-0.1, -0.05) is 0 Å². The Morgan fingerprint density at radius 1 is 1.37 bits per heavy atom. The number of aliphatic hydroxyl groups is 1. The molecule has 2 atom stereocenters. The third kappa shape index (κ3) is 6.13. The van der Waals surface area contributed by atoms with Crippen LogP contribution in [-0.4, -0.2) is 76.9 Å². The molecule has 8 heteroatoms. The highest BCUT2D eigenvalue weighted by molar-refractivity contribution is 7.99. The van der Waals surface area contributed by atoms with E-state index in [1.54, 1.807) is 0 Å². The number of carboxylic acids is 1. The summed E-state index contributed by atoms with van der Waals surface area (Å²) in [5, 5.41) is 22.9. The van der Waals surface area contributed by atoms with E-state index >= 15 is 0 Å². The third-order valence-electron chi connectivity index (χ3n) is 2.85. The standard InChI is InChI=1S/C11H21N3O4S/c1-8(15)9(10(16)17)13-11(18)12-2-3-14-4-6-19-7-5-14/h8-9,15H,2-7H2,1H3,(H,16,17)(H2,12,13,18)/t8-,9+/m1/s1. The molecule has 19 heavy (non-hydrogen) atoms. The molecule has 0 unspecified atom stereocenters. The lowest BCUT2D eigenvalue weighted by Crippen LogP contribution is -2.52. The predicted octanol–water partition coefficient (Wildman–Crippen LogP) is -0.832. The van der Waals surface area contributed by atoms with E-state index in [0.29, 0.717) is 6.54 Å². The van der Waals surface area contributed by atoms with Gasteiger partial charge in [0.15, 0.2) is 6.04 Å². The van der Waals surface area contributed by atoms with Gasteiger partial charge in [-0.2, -0.15) is 11.8 Å². The fourth-order valence-electron chi connectivity index (χ4n) is 1.73. The van der Waals surface area contributed by atoms with Crippen LogP contribution in [0.1, 0.15) is 6.92 Å². The van der Waals surface area contributed by atoms with Gasteiger partial charge in [0.25, 0.3) is 0 Å². The number of carboxylic acid groups (broad SMARTS) is 1. The summed E-state index contributed by atoms with van der Waals surface area (Å²) >= 11 is 1.92. The minimum absolute atomic E-state index is 0.461. The molecule has 0 saturated carbocycles. The Labute approximate surface area is 116 Å². The monoisotopic (exact) mass is 291 g/mol. The van der Waals surface area contributed by atoms with Crippen LogP contribution < -0.4 is 10.6 Å². The zero-order valence-corrected chi connectivity index (χ0v) is 11.8. The van der Waals surface area contributed by atoms with Crippen molar-refractivity contribution >= 4 is 23.8 Å². The predicted molar refractivity (Wildman–Crippen MR) is 73.4 cm³/mol. The van der Waals surface area contributed by atoms with Gasteiger partial charge in [-0.25, -0.2) is 9.59 Å². The summed E-state index contributed by atoms with van der Waals surface area (Å²) in [5.41, 5.74) is 0. The van der Waals surface area contributed by atoms with E-state index in [-0.39, 0.29) is 0 Å². The summed E-state index contributed by atoms with van der Waals surface area (Å²) in [6.07, 6.45) is -1.14.